The van der Waals surface area contributed by atoms with Crippen LogP contribution in [0.25, 0.3) is 10.4 Å². The number of rotatable bonds is 6. The summed E-state index contributed by atoms with van der Waals surface area (Å²) in [4.78, 5) is 12.5. The number of hydrogen-bond acceptors (Lipinski definition) is 6. The molecular formula is C10H13N5O4. The van der Waals surface area contributed by atoms with Crippen LogP contribution in [-0.4, -0.2) is 27.8 Å². The Morgan fingerprint density at radius 1 is 1.53 bits per heavy atom. The van der Waals surface area contributed by atoms with Gasteiger partial charge in [0, 0.05) is 17.5 Å². The highest BCUT2D eigenvalue weighted by molar-refractivity contribution is 5.59. The minimum absolute atomic E-state index is 0.0196. The predicted molar refractivity (Wildman–Crippen MR) is 67.1 cm³/mol. The molecule has 1 aromatic carbocycles. The van der Waals surface area contributed by atoms with Gasteiger partial charge in [-0.2, -0.15) is 0 Å². The molecular weight excluding hydrogens is 254 g/mol. The van der Waals surface area contributed by atoms with E-state index in [0.717, 1.165) is 6.07 Å². The van der Waals surface area contributed by atoms with Crippen LogP contribution in [0, 0.1) is 10.1 Å². The smallest absolute Gasteiger partial charge is 0.292 e. The number of benzene rings is 1. The van der Waals surface area contributed by atoms with Gasteiger partial charge in [0.15, 0.2) is 0 Å². The van der Waals surface area contributed by atoms with Gasteiger partial charge in [-0.3, -0.25) is 10.1 Å². The molecule has 0 amide bonds. The predicted octanol–water partition coefficient (Wildman–Crippen LogP) is 1.27. The standard InChI is InChI=1S/C10H13N5O4/c11-7-2-1-6(5-8(7)15(18)19)10(17)9(16)3-4-13-14-12/h1-2,5,9-10,16-17H,3-4,11H2. The summed E-state index contributed by atoms with van der Waals surface area (Å²) in [6.45, 7) is 0.0196. The Morgan fingerprint density at radius 2 is 2.21 bits per heavy atom. The third-order valence-corrected chi connectivity index (χ3v) is 2.55. The van der Waals surface area contributed by atoms with Crippen LogP contribution in [0.15, 0.2) is 23.3 Å². The van der Waals surface area contributed by atoms with E-state index in [-0.39, 0.29) is 29.9 Å². The first-order valence-corrected chi connectivity index (χ1v) is 5.38. The first-order chi connectivity index (χ1) is 8.97. The van der Waals surface area contributed by atoms with Crippen LogP contribution in [0.1, 0.15) is 18.1 Å². The molecule has 9 nitrogen and oxygen atoms in total. The number of aliphatic hydroxyl groups excluding tert-OH is 2. The molecule has 0 bridgehead atoms. The van der Waals surface area contributed by atoms with Gasteiger partial charge in [-0.25, -0.2) is 0 Å². The van der Waals surface area contributed by atoms with Crippen molar-refractivity contribution < 1.29 is 15.1 Å². The van der Waals surface area contributed by atoms with Crippen molar-refractivity contribution in [3.05, 3.63) is 44.3 Å². The van der Waals surface area contributed by atoms with Gasteiger partial charge >= 0.3 is 0 Å². The van der Waals surface area contributed by atoms with Crippen LogP contribution >= 0.6 is 0 Å². The summed E-state index contributed by atoms with van der Waals surface area (Å²) in [6.07, 6.45) is -2.45. The second kappa shape index (κ2) is 6.55. The van der Waals surface area contributed by atoms with Gasteiger partial charge in [-0.1, -0.05) is 11.2 Å². The average molecular weight is 267 g/mol. The van der Waals surface area contributed by atoms with Gasteiger partial charge in [0.2, 0.25) is 0 Å². The summed E-state index contributed by atoms with van der Waals surface area (Å²) < 4.78 is 0. The quantitative estimate of drug-likeness (QED) is 0.176. The molecule has 2 atom stereocenters. The fraction of sp³-hybridized carbons (Fsp3) is 0.400. The van der Waals surface area contributed by atoms with Gasteiger partial charge in [-0.15, -0.1) is 0 Å². The highest BCUT2D eigenvalue weighted by Crippen LogP contribution is 2.27. The molecule has 0 fully saturated rings. The maximum absolute atomic E-state index is 10.7. The van der Waals surface area contributed by atoms with Crippen molar-refractivity contribution in [1.29, 1.82) is 0 Å². The van der Waals surface area contributed by atoms with E-state index in [0.29, 0.717) is 0 Å². The second-order valence-corrected chi connectivity index (χ2v) is 3.83. The summed E-state index contributed by atoms with van der Waals surface area (Å²) in [7, 11) is 0. The summed E-state index contributed by atoms with van der Waals surface area (Å²) in [5.41, 5.74) is 13.3. The number of aliphatic hydroxyl groups is 2. The van der Waals surface area contributed by atoms with Crippen LogP contribution in [0.2, 0.25) is 0 Å². The zero-order chi connectivity index (χ0) is 14.4. The summed E-state index contributed by atoms with van der Waals surface area (Å²) in [5.74, 6) is 0. The Hall–Kier alpha value is -2.35. The Balaban J connectivity index is 2.87. The zero-order valence-electron chi connectivity index (χ0n) is 9.88. The van der Waals surface area contributed by atoms with Crippen molar-refractivity contribution >= 4 is 11.4 Å². The number of nitrogen functional groups attached to an aromatic ring is 1. The van der Waals surface area contributed by atoms with Gasteiger partial charge in [0.25, 0.3) is 5.69 Å². The highest BCUT2D eigenvalue weighted by atomic mass is 16.6. The normalized spacial score (nSPS) is 13.4. The molecule has 2 unspecified atom stereocenters. The number of nitrogens with zero attached hydrogens (tertiary/aromatic N) is 4. The van der Waals surface area contributed by atoms with Crippen molar-refractivity contribution in [2.75, 3.05) is 12.3 Å². The number of azide groups is 1. The Kier molecular flexibility index (Phi) is 5.07. The molecule has 4 N–H and O–H groups in total. The molecule has 9 heteroatoms. The molecule has 1 aromatic rings. The fourth-order valence-corrected chi connectivity index (χ4v) is 1.52. The van der Waals surface area contributed by atoms with E-state index < -0.39 is 17.1 Å². The maximum Gasteiger partial charge on any atom is 0.292 e. The summed E-state index contributed by atoms with van der Waals surface area (Å²) in [5, 5.41) is 33.4. The Morgan fingerprint density at radius 3 is 2.79 bits per heavy atom. The van der Waals surface area contributed by atoms with E-state index in [1.165, 1.54) is 12.1 Å². The molecule has 0 aliphatic rings. The van der Waals surface area contributed by atoms with E-state index in [1.807, 2.05) is 0 Å². The van der Waals surface area contributed by atoms with Crippen LogP contribution in [0.4, 0.5) is 11.4 Å². The molecule has 0 aliphatic heterocycles. The van der Waals surface area contributed by atoms with E-state index in [1.54, 1.807) is 0 Å². The number of anilines is 1. The fourth-order valence-electron chi connectivity index (χ4n) is 1.52. The first-order valence-electron chi connectivity index (χ1n) is 5.38. The lowest BCUT2D eigenvalue weighted by atomic mass is 10.0. The lowest BCUT2D eigenvalue weighted by Gasteiger charge is -2.17. The van der Waals surface area contributed by atoms with Crippen LogP contribution in [0.3, 0.4) is 0 Å². The largest absolute Gasteiger partial charge is 0.393 e. The molecule has 0 radical (unpaired) electrons. The SMILES string of the molecule is [N-]=[N+]=NCCC(O)C(O)c1ccc(N)c([N+](=O)[O-])c1. The molecule has 1 rings (SSSR count). The van der Waals surface area contributed by atoms with Gasteiger partial charge in [0.1, 0.15) is 11.8 Å². The van der Waals surface area contributed by atoms with Crippen molar-refractivity contribution in [3.8, 4) is 0 Å². The molecule has 0 saturated carbocycles. The van der Waals surface area contributed by atoms with E-state index in [4.69, 9.17) is 11.3 Å². The van der Waals surface area contributed by atoms with Crippen molar-refractivity contribution in [3.63, 3.8) is 0 Å². The van der Waals surface area contributed by atoms with Crippen molar-refractivity contribution in [2.45, 2.75) is 18.6 Å². The second-order valence-electron chi connectivity index (χ2n) is 3.83. The lowest BCUT2D eigenvalue weighted by Crippen LogP contribution is -2.19. The maximum atomic E-state index is 10.7. The Bertz CT molecular complexity index is 515. The molecule has 0 heterocycles. The Labute approximate surface area is 108 Å². The van der Waals surface area contributed by atoms with E-state index in [9.17, 15) is 20.3 Å². The van der Waals surface area contributed by atoms with Crippen LogP contribution in [-0.2, 0) is 0 Å². The lowest BCUT2D eigenvalue weighted by molar-refractivity contribution is -0.384. The van der Waals surface area contributed by atoms with E-state index in [2.05, 4.69) is 10.0 Å². The minimum atomic E-state index is -1.31. The topological polar surface area (TPSA) is 158 Å². The number of nitrogens with two attached hydrogens (primary N) is 1. The molecule has 0 saturated heterocycles. The van der Waals surface area contributed by atoms with Crippen LogP contribution in [0.5, 0.6) is 0 Å². The molecule has 0 aliphatic carbocycles. The minimum Gasteiger partial charge on any atom is -0.393 e. The molecule has 0 spiro atoms. The van der Waals surface area contributed by atoms with Gasteiger partial charge < -0.3 is 15.9 Å². The van der Waals surface area contributed by atoms with Gasteiger partial charge in [-0.05, 0) is 23.6 Å². The zero-order valence-corrected chi connectivity index (χ0v) is 9.88. The molecule has 0 aromatic heterocycles. The third-order valence-electron chi connectivity index (χ3n) is 2.55. The van der Waals surface area contributed by atoms with Crippen LogP contribution < -0.4 is 5.73 Å². The number of nitro groups is 1. The monoisotopic (exact) mass is 267 g/mol. The number of nitro benzene ring substituents is 1. The average Bonchev–Trinajstić information content (AvgIpc) is 2.38. The van der Waals surface area contributed by atoms with Crippen molar-refractivity contribution in [1.82, 2.24) is 0 Å². The molecule has 19 heavy (non-hydrogen) atoms. The molecule has 102 valence electrons. The van der Waals surface area contributed by atoms with E-state index >= 15 is 0 Å². The first kappa shape index (κ1) is 14.7. The van der Waals surface area contributed by atoms with Crippen molar-refractivity contribution in [2.24, 2.45) is 5.11 Å². The summed E-state index contributed by atoms with van der Waals surface area (Å²) >= 11 is 0. The third kappa shape index (κ3) is 3.81. The summed E-state index contributed by atoms with van der Waals surface area (Å²) in [6, 6.07) is 3.79. The van der Waals surface area contributed by atoms with Gasteiger partial charge in [0.05, 0.1) is 11.0 Å². The number of hydrogen-bond donors (Lipinski definition) is 3. The highest BCUT2D eigenvalue weighted by Gasteiger charge is 2.21.